The molecule has 5 rings (SSSR count). The number of anilines is 1. The summed E-state index contributed by atoms with van der Waals surface area (Å²) in [5, 5.41) is 5.41. The van der Waals surface area contributed by atoms with E-state index in [1.54, 1.807) is 11.0 Å². The molecule has 3 aromatic rings. The quantitative estimate of drug-likeness (QED) is 0.629. The molecular formula is C18H18BrN5O. The van der Waals surface area contributed by atoms with E-state index in [4.69, 9.17) is 4.74 Å². The number of hydrogen-bond acceptors (Lipinski definition) is 5. The molecule has 1 aromatic carbocycles. The molecule has 1 aliphatic heterocycles. The number of fused-ring (bicyclic) bond motifs is 3. The maximum Gasteiger partial charge on any atom is 0.164 e. The highest BCUT2D eigenvalue weighted by Crippen LogP contribution is 2.43. The van der Waals surface area contributed by atoms with E-state index in [0.717, 1.165) is 47.4 Å². The van der Waals surface area contributed by atoms with E-state index in [0.29, 0.717) is 6.61 Å². The monoisotopic (exact) mass is 399 g/mol. The SMILES string of the molecule is Cn1nc(Br)c2c(N3CCOC4(CCc5ccccc54)C3)ncnc21. The minimum atomic E-state index is -0.235. The molecule has 3 heterocycles. The number of benzene rings is 1. The molecule has 2 aliphatic rings. The van der Waals surface area contributed by atoms with Gasteiger partial charge >= 0.3 is 0 Å². The minimum Gasteiger partial charge on any atom is -0.367 e. The number of morpholine rings is 1. The van der Waals surface area contributed by atoms with E-state index >= 15 is 0 Å². The summed E-state index contributed by atoms with van der Waals surface area (Å²) in [4.78, 5) is 11.3. The number of aromatic nitrogens is 4. The highest BCUT2D eigenvalue weighted by Gasteiger charge is 2.44. The lowest BCUT2D eigenvalue weighted by molar-refractivity contribution is -0.0593. The van der Waals surface area contributed by atoms with Crippen LogP contribution in [0.3, 0.4) is 0 Å². The van der Waals surface area contributed by atoms with Crippen LogP contribution in [0.1, 0.15) is 17.5 Å². The lowest BCUT2D eigenvalue weighted by Crippen LogP contribution is -2.49. The standard InChI is InChI=1S/C18H18BrN5O/c1-23-16-14(15(19)22-23)17(21-11-20-16)24-8-9-25-18(10-24)7-6-12-4-2-3-5-13(12)18/h2-5,11H,6-10H2,1H3. The maximum atomic E-state index is 6.33. The minimum absolute atomic E-state index is 0.235. The molecule has 1 atom stereocenters. The first-order valence-electron chi connectivity index (χ1n) is 8.48. The topological polar surface area (TPSA) is 56.1 Å². The van der Waals surface area contributed by atoms with Gasteiger partial charge in [-0.3, -0.25) is 0 Å². The van der Waals surface area contributed by atoms with Crippen LogP contribution >= 0.6 is 15.9 Å². The van der Waals surface area contributed by atoms with E-state index in [1.807, 2.05) is 7.05 Å². The van der Waals surface area contributed by atoms with Crippen molar-refractivity contribution in [3.05, 3.63) is 46.3 Å². The highest BCUT2D eigenvalue weighted by atomic mass is 79.9. The Labute approximate surface area is 154 Å². The van der Waals surface area contributed by atoms with Gasteiger partial charge in [-0.05, 0) is 39.9 Å². The molecule has 1 unspecified atom stereocenters. The summed E-state index contributed by atoms with van der Waals surface area (Å²) in [7, 11) is 1.90. The Morgan fingerprint density at radius 3 is 3.04 bits per heavy atom. The molecule has 1 fully saturated rings. The van der Waals surface area contributed by atoms with Crippen molar-refractivity contribution in [1.29, 1.82) is 0 Å². The van der Waals surface area contributed by atoms with Gasteiger partial charge < -0.3 is 9.64 Å². The average molecular weight is 400 g/mol. The van der Waals surface area contributed by atoms with Gasteiger partial charge in [-0.1, -0.05) is 24.3 Å². The van der Waals surface area contributed by atoms with Crippen molar-refractivity contribution < 1.29 is 4.74 Å². The number of nitrogens with zero attached hydrogens (tertiary/aromatic N) is 5. The summed E-state index contributed by atoms with van der Waals surface area (Å²) in [5.41, 5.74) is 3.33. The first-order valence-corrected chi connectivity index (χ1v) is 9.28. The zero-order valence-corrected chi connectivity index (χ0v) is 15.5. The second-order valence-electron chi connectivity index (χ2n) is 6.73. The van der Waals surface area contributed by atoms with Crippen LogP contribution < -0.4 is 4.90 Å². The largest absolute Gasteiger partial charge is 0.367 e. The van der Waals surface area contributed by atoms with Gasteiger partial charge in [0.2, 0.25) is 0 Å². The molecule has 1 saturated heterocycles. The smallest absolute Gasteiger partial charge is 0.164 e. The Balaban J connectivity index is 1.59. The van der Waals surface area contributed by atoms with E-state index < -0.39 is 0 Å². The van der Waals surface area contributed by atoms with Crippen LogP contribution in [0.25, 0.3) is 11.0 Å². The summed E-state index contributed by atoms with van der Waals surface area (Å²) in [5.74, 6) is 0.928. The summed E-state index contributed by atoms with van der Waals surface area (Å²) < 4.78 is 8.90. The van der Waals surface area contributed by atoms with Crippen LogP contribution in [0.15, 0.2) is 35.2 Å². The molecule has 0 N–H and O–H groups in total. The lowest BCUT2D eigenvalue weighted by atomic mass is 9.93. The molecule has 1 spiro atoms. The van der Waals surface area contributed by atoms with Crippen molar-refractivity contribution in [2.45, 2.75) is 18.4 Å². The number of halogens is 1. The van der Waals surface area contributed by atoms with E-state index in [-0.39, 0.29) is 5.60 Å². The Morgan fingerprint density at radius 1 is 1.24 bits per heavy atom. The number of rotatable bonds is 1. The van der Waals surface area contributed by atoms with Crippen molar-refractivity contribution in [1.82, 2.24) is 19.7 Å². The van der Waals surface area contributed by atoms with Crippen LogP contribution in [0.5, 0.6) is 0 Å². The Kier molecular flexibility index (Phi) is 3.36. The zero-order valence-electron chi connectivity index (χ0n) is 13.9. The van der Waals surface area contributed by atoms with Gasteiger partial charge in [0, 0.05) is 13.6 Å². The van der Waals surface area contributed by atoms with Crippen LogP contribution in [0.4, 0.5) is 5.82 Å². The Bertz CT molecular complexity index is 967. The normalized spacial score (nSPS) is 22.7. The number of aryl methyl sites for hydroxylation is 2. The molecule has 6 nitrogen and oxygen atoms in total. The van der Waals surface area contributed by atoms with E-state index in [9.17, 15) is 0 Å². The van der Waals surface area contributed by atoms with E-state index in [2.05, 4.69) is 60.2 Å². The van der Waals surface area contributed by atoms with Gasteiger partial charge in [0.1, 0.15) is 22.3 Å². The summed E-state index contributed by atoms with van der Waals surface area (Å²) in [6, 6.07) is 8.64. The third-order valence-corrected chi connectivity index (χ3v) is 5.90. The summed E-state index contributed by atoms with van der Waals surface area (Å²) in [6.07, 6.45) is 3.71. The van der Waals surface area contributed by atoms with Crippen LogP contribution in [-0.4, -0.2) is 39.4 Å². The lowest BCUT2D eigenvalue weighted by Gasteiger charge is -2.41. The second kappa shape index (κ2) is 5.51. The molecule has 0 saturated carbocycles. The second-order valence-corrected chi connectivity index (χ2v) is 7.48. The highest BCUT2D eigenvalue weighted by molar-refractivity contribution is 9.10. The predicted octanol–water partition coefficient (Wildman–Crippen LogP) is 2.80. The average Bonchev–Trinajstić information content (AvgIpc) is 3.14. The predicted molar refractivity (Wildman–Crippen MR) is 98.6 cm³/mol. The fraction of sp³-hybridized carbons (Fsp3) is 0.389. The third-order valence-electron chi connectivity index (χ3n) is 5.35. The van der Waals surface area contributed by atoms with Crippen molar-refractivity contribution in [3.63, 3.8) is 0 Å². The van der Waals surface area contributed by atoms with Gasteiger partial charge in [-0.25, -0.2) is 14.6 Å². The fourth-order valence-corrected chi connectivity index (χ4v) is 4.79. The van der Waals surface area contributed by atoms with Gasteiger partial charge in [0.25, 0.3) is 0 Å². The first kappa shape index (κ1) is 15.3. The fourth-order valence-electron chi connectivity index (χ4n) is 4.20. The van der Waals surface area contributed by atoms with Crippen LogP contribution in [0, 0.1) is 0 Å². The Hall–Kier alpha value is -1.99. The van der Waals surface area contributed by atoms with Gasteiger partial charge in [0.05, 0.1) is 18.5 Å². The summed E-state index contributed by atoms with van der Waals surface area (Å²) in [6.45, 7) is 2.31. The van der Waals surface area contributed by atoms with Gasteiger partial charge in [-0.15, -0.1) is 0 Å². The van der Waals surface area contributed by atoms with Crippen molar-refractivity contribution in [2.24, 2.45) is 7.05 Å². The van der Waals surface area contributed by atoms with Gasteiger partial charge in [-0.2, -0.15) is 5.10 Å². The molecule has 7 heteroatoms. The maximum absolute atomic E-state index is 6.33. The number of hydrogen-bond donors (Lipinski definition) is 0. The zero-order chi connectivity index (χ0) is 17.0. The van der Waals surface area contributed by atoms with Gasteiger partial charge in [0.15, 0.2) is 5.65 Å². The third kappa shape index (κ3) is 2.22. The molecule has 1 aliphatic carbocycles. The van der Waals surface area contributed by atoms with Crippen LogP contribution in [0.2, 0.25) is 0 Å². The molecule has 128 valence electrons. The molecule has 2 aromatic heterocycles. The molecule has 0 amide bonds. The van der Waals surface area contributed by atoms with Crippen molar-refractivity contribution in [3.8, 4) is 0 Å². The molecule has 25 heavy (non-hydrogen) atoms. The van der Waals surface area contributed by atoms with Crippen molar-refractivity contribution in [2.75, 3.05) is 24.6 Å². The van der Waals surface area contributed by atoms with Crippen LogP contribution in [-0.2, 0) is 23.8 Å². The number of ether oxygens (including phenoxy) is 1. The molecular weight excluding hydrogens is 382 g/mol. The molecule has 0 bridgehead atoms. The van der Waals surface area contributed by atoms with Crippen molar-refractivity contribution >= 4 is 32.8 Å². The molecule has 0 radical (unpaired) electrons. The van der Waals surface area contributed by atoms with E-state index in [1.165, 1.54) is 11.1 Å². The summed E-state index contributed by atoms with van der Waals surface area (Å²) >= 11 is 3.57. The Morgan fingerprint density at radius 2 is 2.12 bits per heavy atom. The first-order chi connectivity index (χ1) is 12.2.